The third-order valence-corrected chi connectivity index (χ3v) is 5.00. The molecule has 1 heterocycles. The molecule has 1 unspecified atom stereocenters. The average Bonchev–Trinajstić information content (AvgIpc) is 2.77. The minimum Gasteiger partial charge on any atom is -0.497 e. The standard InChI is InChI=1S/C22H29N3O3/c1-3-21(18-6-10-20(27-2)11-7-18)24-22(26)23-16-17-4-8-19(9-5-17)25-12-14-28-15-13-25/h4-11,21H,3,12-16H2,1-2H3,(H2,23,24,26). The van der Waals surface area contributed by atoms with Crippen LogP contribution < -0.4 is 20.3 Å². The number of carbonyl (C=O) groups is 1. The van der Waals surface area contributed by atoms with E-state index >= 15 is 0 Å². The molecule has 1 aliphatic heterocycles. The largest absolute Gasteiger partial charge is 0.497 e. The molecule has 0 saturated carbocycles. The summed E-state index contributed by atoms with van der Waals surface area (Å²) in [6.07, 6.45) is 0.813. The van der Waals surface area contributed by atoms with E-state index in [2.05, 4.69) is 46.7 Å². The number of amides is 2. The second-order valence-corrected chi connectivity index (χ2v) is 6.83. The molecule has 3 rings (SSSR count). The number of nitrogens with zero attached hydrogens (tertiary/aromatic N) is 1. The van der Waals surface area contributed by atoms with Gasteiger partial charge in [-0.1, -0.05) is 31.2 Å². The van der Waals surface area contributed by atoms with Crippen LogP contribution in [0.25, 0.3) is 0 Å². The molecule has 1 fully saturated rings. The highest BCUT2D eigenvalue weighted by Crippen LogP contribution is 2.20. The van der Waals surface area contributed by atoms with Crippen molar-refractivity contribution < 1.29 is 14.3 Å². The fraction of sp³-hybridized carbons (Fsp3) is 0.409. The van der Waals surface area contributed by atoms with E-state index in [1.165, 1.54) is 5.69 Å². The zero-order valence-electron chi connectivity index (χ0n) is 16.6. The van der Waals surface area contributed by atoms with Crippen molar-refractivity contribution in [1.29, 1.82) is 0 Å². The van der Waals surface area contributed by atoms with Crippen molar-refractivity contribution in [3.8, 4) is 5.75 Å². The van der Waals surface area contributed by atoms with Gasteiger partial charge in [0.2, 0.25) is 0 Å². The fourth-order valence-electron chi connectivity index (χ4n) is 3.30. The molecular formula is C22H29N3O3. The van der Waals surface area contributed by atoms with Gasteiger partial charge in [0.15, 0.2) is 0 Å². The molecule has 150 valence electrons. The lowest BCUT2D eigenvalue weighted by atomic mass is 10.0. The van der Waals surface area contributed by atoms with Crippen molar-refractivity contribution >= 4 is 11.7 Å². The van der Waals surface area contributed by atoms with Gasteiger partial charge in [-0.3, -0.25) is 0 Å². The average molecular weight is 383 g/mol. The quantitative estimate of drug-likeness (QED) is 0.768. The summed E-state index contributed by atoms with van der Waals surface area (Å²) in [6.45, 7) is 5.94. The molecule has 0 spiro atoms. The van der Waals surface area contributed by atoms with Gasteiger partial charge in [0.25, 0.3) is 0 Å². The van der Waals surface area contributed by atoms with Gasteiger partial charge in [0.05, 0.1) is 26.4 Å². The summed E-state index contributed by atoms with van der Waals surface area (Å²) in [7, 11) is 1.64. The van der Waals surface area contributed by atoms with Crippen molar-refractivity contribution in [2.75, 3.05) is 38.3 Å². The Balaban J connectivity index is 1.49. The Hall–Kier alpha value is -2.73. The molecule has 0 aromatic heterocycles. The van der Waals surface area contributed by atoms with Crippen LogP contribution in [-0.4, -0.2) is 39.4 Å². The van der Waals surface area contributed by atoms with Crippen molar-refractivity contribution in [1.82, 2.24) is 10.6 Å². The first-order chi connectivity index (χ1) is 13.7. The van der Waals surface area contributed by atoms with Crippen LogP contribution in [0.3, 0.4) is 0 Å². The number of methoxy groups -OCH3 is 1. The maximum absolute atomic E-state index is 12.3. The molecule has 1 atom stereocenters. The third-order valence-electron chi connectivity index (χ3n) is 5.00. The van der Waals surface area contributed by atoms with Crippen LogP contribution in [-0.2, 0) is 11.3 Å². The molecule has 2 aromatic carbocycles. The van der Waals surface area contributed by atoms with E-state index in [0.717, 1.165) is 49.6 Å². The lowest BCUT2D eigenvalue weighted by Gasteiger charge is -2.28. The van der Waals surface area contributed by atoms with Gasteiger partial charge in [-0.15, -0.1) is 0 Å². The van der Waals surface area contributed by atoms with E-state index < -0.39 is 0 Å². The van der Waals surface area contributed by atoms with Crippen LogP contribution in [0.15, 0.2) is 48.5 Å². The lowest BCUT2D eigenvalue weighted by molar-refractivity contribution is 0.122. The predicted molar refractivity (Wildman–Crippen MR) is 111 cm³/mol. The van der Waals surface area contributed by atoms with E-state index in [1.807, 2.05) is 24.3 Å². The number of hydrogen-bond donors (Lipinski definition) is 2. The maximum Gasteiger partial charge on any atom is 0.315 e. The van der Waals surface area contributed by atoms with Crippen molar-refractivity contribution in [2.24, 2.45) is 0 Å². The molecule has 0 bridgehead atoms. The summed E-state index contributed by atoms with van der Waals surface area (Å²) in [5, 5.41) is 5.99. The molecule has 1 saturated heterocycles. The van der Waals surface area contributed by atoms with E-state index in [4.69, 9.17) is 9.47 Å². The van der Waals surface area contributed by atoms with Crippen LogP contribution in [0.5, 0.6) is 5.75 Å². The molecule has 0 radical (unpaired) electrons. The Kier molecular flexibility index (Phi) is 7.14. The molecular weight excluding hydrogens is 354 g/mol. The minimum atomic E-state index is -0.167. The smallest absolute Gasteiger partial charge is 0.315 e. The van der Waals surface area contributed by atoms with Crippen LogP contribution in [0.4, 0.5) is 10.5 Å². The van der Waals surface area contributed by atoms with Crippen molar-refractivity contribution in [3.05, 3.63) is 59.7 Å². The van der Waals surface area contributed by atoms with Gasteiger partial charge in [-0.05, 0) is 41.8 Å². The number of hydrogen-bond acceptors (Lipinski definition) is 4. The van der Waals surface area contributed by atoms with Crippen molar-refractivity contribution in [3.63, 3.8) is 0 Å². The van der Waals surface area contributed by atoms with E-state index in [-0.39, 0.29) is 12.1 Å². The lowest BCUT2D eigenvalue weighted by Crippen LogP contribution is -2.37. The SMILES string of the molecule is CCC(NC(=O)NCc1ccc(N2CCOCC2)cc1)c1ccc(OC)cc1. The van der Waals surface area contributed by atoms with Gasteiger partial charge in [-0.2, -0.15) is 0 Å². The third kappa shape index (κ3) is 5.39. The molecule has 28 heavy (non-hydrogen) atoms. The predicted octanol–water partition coefficient (Wildman–Crippen LogP) is 3.48. The highest BCUT2D eigenvalue weighted by Gasteiger charge is 2.13. The summed E-state index contributed by atoms with van der Waals surface area (Å²) in [6, 6.07) is 15.9. The highest BCUT2D eigenvalue weighted by atomic mass is 16.5. The molecule has 2 amide bonds. The van der Waals surface area contributed by atoms with Crippen molar-refractivity contribution in [2.45, 2.75) is 25.9 Å². The van der Waals surface area contributed by atoms with E-state index in [0.29, 0.717) is 6.54 Å². The summed E-state index contributed by atoms with van der Waals surface area (Å²) in [5.74, 6) is 0.809. The number of urea groups is 1. The molecule has 2 N–H and O–H groups in total. The zero-order valence-corrected chi connectivity index (χ0v) is 16.6. The first-order valence-corrected chi connectivity index (χ1v) is 9.79. The highest BCUT2D eigenvalue weighted by molar-refractivity contribution is 5.74. The first-order valence-electron chi connectivity index (χ1n) is 9.79. The van der Waals surface area contributed by atoms with Crippen LogP contribution in [0, 0.1) is 0 Å². The van der Waals surface area contributed by atoms with E-state index in [1.54, 1.807) is 7.11 Å². The Morgan fingerprint density at radius 1 is 1.11 bits per heavy atom. The molecule has 0 aliphatic carbocycles. The number of benzene rings is 2. The zero-order chi connectivity index (χ0) is 19.8. The van der Waals surface area contributed by atoms with Gasteiger partial charge >= 0.3 is 6.03 Å². The van der Waals surface area contributed by atoms with E-state index in [9.17, 15) is 4.79 Å². The summed E-state index contributed by atoms with van der Waals surface area (Å²) < 4.78 is 10.6. The number of carbonyl (C=O) groups excluding carboxylic acids is 1. The Morgan fingerprint density at radius 3 is 2.39 bits per heavy atom. The fourth-order valence-corrected chi connectivity index (χ4v) is 3.30. The number of rotatable bonds is 7. The Labute approximate surface area is 166 Å². The molecule has 2 aromatic rings. The number of nitrogens with one attached hydrogen (secondary N) is 2. The normalized spacial score (nSPS) is 15.0. The minimum absolute atomic E-state index is 0.0328. The van der Waals surface area contributed by atoms with Gasteiger partial charge in [0, 0.05) is 25.3 Å². The van der Waals surface area contributed by atoms with Gasteiger partial charge in [-0.25, -0.2) is 4.79 Å². The second-order valence-electron chi connectivity index (χ2n) is 6.83. The second kappa shape index (κ2) is 9.99. The summed E-state index contributed by atoms with van der Waals surface area (Å²) in [4.78, 5) is 14.6. The molecule has 6 nitrogen and oxygen atoms in total. The molecule has 1 aliphatic rings. The Morgan fingerprint density at radius 2 is 1.79 bits per heavy atom. The number of morpholine rings is 1. The van der Waals surface area contributed by atoms with Crippen LogP contribution in [0.1, 0.15) is 30.5 Å². The van der Waals surface area contributed by atoms with Gasteiger partial charge in [0.1, 0.15) is 5.75 Å². The summed E-state index contributed by atoms with van der Waals surface area (Å²) in [5.41, 5.74) is 3.33. The first kappa shape index (κ1) is 20.0. The maximum atomic E-state index is 12.3. The number of ether oxygens (including phenoxy) is 2. The summed E-state index contributed by atoms with van der Waals surface area (Å²) >= 11 is 0. The van der Waals surface area contributed by atoms with Crippen LogP contribution >= 0.6 is 0 Å². The molecule has 6 heteroatoms. The topological polar surface area (TPSA) is 62.8 Å². The monoisotopic (exact) mass is 383 g/mol. The number of anilines is 1. The van der Waals surface area contributed by atoms with Crippen LogP contribution in [0.2, 0.25) is 0 Å². The Bertz CT molecular complexity index is 741. The van der Waals surface area contributed by atoms with Gasteiger partial charge < -0.3 is 25.0 Å².